The molecule has 0 unspecified atom stereocenters. The van der Waals surface area contributed by atoms with Gasteiger partial charge in [-0.2, -0.15) is 4.31 Å². The summed E-state index contributed by atoms with van der Waals surface area (Å²) in [6.07, 6.45) is 1.73. The number of para-hydroxylation sites is 1. The summed E-state index contributed by atoms with van der Waals surface area (Å²) >= 11 is 13.3. The minimum absolute atomic E-state index is 0.103. The minimum atomic E-state index is -3.59. The third kappa shape index (κ3) is 5.46. The Morgan fingerprint density at radius 3 is 2.38 bits per heavy atom. The van der Waals surface area contributed by atoms with Crippen LogP contribution < -0.4 is 0 Å². The quantitative estimate of drug-likeness (QED) is 0.190. The van der Waals surface area contributed by atoms with Gasteiger partial charge in [0.1, 0.15) is 0 Å². The van der Waals surface area contributed by atoms with Crippen LogP contribution in [0.5, 0.6) is 0 Å². The largest absolute Gasteiger partial charge is 0.293 e. The zero-order chi connectivity index (χ0) is 26.0. The maximum Gasteiger partial charge on any atom is 0.243 e. The highest BCUT2D eigenvalue weighted by molar-refractivity contribution is 7.99. The Labute approximate surface area is 229 Å². The molecule has 0 bridgehead atoms. The Morgan fingerprint density at radius 2 is 1.65 bits per heavy atom. The Hall–Kier alpha value is -2.69. The van der Waals surface area contributed by atoms with Crippen molar-refractivity contribution in [3.63, 3.8) is 0 Å². The van der Waals surface area contributed by atoms with Gasteiger partial charge in [0.25, 0.3) is 0 Å². The number of ketones is 1. The van der Waals surface area contributed by atoms with Gasteiger partial charge in [-0.15, -0.1) is 10.2 Å². The topological polar surface area (TPSA) is 85.2 Å². The Morgan fingerprint density at radius 1 is 0.892 bits per heavy atom. The normalized spacial score (nSPS) is 14.2. The van der Waals surface area contributed by atoms with Crippen LogP contribution in [0.4, 0.5) is 0 Å². The molecule has 5 rings (SSSR count). The van der Waals surface area contributed by atoms with Gasteiger partial charge in [-0.25, -0.2) is 8.42 Å². The van der Waals surface area contributed by atoms with Crippen molar-refractivity contribution in [2.24, 2.45) is 0 Å². The van der Waals surface area contributed by atoms with Crippen molar-refractivity contribution in [1.29, 1.82) is 0 Å². The van der Waals surface area contributed by atoms with Gasteiger partial charge in [-0.3, -0.25) is 9.36 Å². The lowest BCUT2D eigenvalue weighted by atomic mass is 10.1. The van der Waals surface area contributed by atoms with Crippen molar-refractivity contribution in [2.75, 3.05) is 18.8 Å². The second-order valence-electron chi connectivity index (χ2n) is 8.46. The number of nitrogens with zero attached hydrogens (tertiary/aromatic N) is 4. The molecule has 4 aromatic rings. The minimum Gasteiger partial charge on any atom is -0.293 e. The number of rotatable bonds is 8. The van der Waals surface area contributed by atoms with Crippen molar-refractivity contribution in [3.8, 4) is 17.1 Å². The van der Waals surface area contributed by atoms with E-state index in [9.17, 15) is 13.2 Å². The van der Waals surface area contributed by atoms with Crippen LogP contribution in [-0.2, 0) is 10.0 Å². The van der Waals surface area contributed by atoms with Crippen LogP contribution in [0.3, 0.4) is 0 Å². The molecule has 190 valence electrons. The van der Waals surface area contributed by atoms with Crippen LogP contribution in [-0.4, -0.2) is 52.1 Å². The molecule has 1 aliphatic rings. The van der Waals surface area contributed by atoms with Gasteiger partial charge in [0.2, 0.25) is 10.0 Å². The fourth-order valence-electron chi connectivity index (χ4n) is 4.12. The monoisotopic (exact) mass is 572 g/mol. The second kappa shape index (κ2) is 11.0. The second-order valence-corrected chi connectivity index (χ2v) is 12.2. The van der Waals surface area contributed by atoms with Crippen molar-refractivity contribution in [2.45, 2.75) is 22.9 Å². The average Bonchev–Trinajstić information content (AvgIpc) is 3.60. The summed E-state index contributed by atoms with van der Waals surface area (Å²) < 4.78 is 29.7. The molecule has 0 saturated carbocycles. The first-order valence-electron chi connectivity index (χ1n) is 11.6. The number of hydrogen-bond donors (Lipinski definition) is 0. The highest BCUT2D eigenvalue weighted by Crippen LogP contribution is 2.31. The van der Waals surface area contributed by atoms with Crippen LogP contribution >= 0.6 is 35.0 Å². The van der Waals surface area contributed by atoms with Crippen LogP contribution in [0, 0.1) is 0 Å². The van der Waals surface area contributed by atoms with Crippen LogP contribution in [0.2, 0.25) is 10.0 Å². The molecule has 1 fully saturated rings. The molecular formula is C26H22Cl2N4O3S2. The number of carbonyl (C=O) groups excluding carboxylic acids is 1. The van der Waals surface area contributed by atoms with E-state index in [0.29, 0.717) is 45.2 Å². The maximum absolute atomic E-state index is 13.2. The molecule has 0 radical (unpaired) electrons. The van der Waals surface area contributed by atoms with Gasteiger partial charge in [0, 0.05) is 29.9 Å². The van der Waals surface area contributed by atoms with Gasteiger partial charge < -0.3 is 0 Å². The van der Waals surface area contributed by atoms with Gasteiger partial charge >= 0.3 is 0 Å². The molecule has 0 aliphatic carbocycles. The van der Waals surface area contributed by atoms with E-state index in [1.54, 1.807) is 36.4 Å². The molecule has 0 N–H and O–H groups in total. The number of carbonyl (C=O) groups is 1. The predicted octanol–water partition coefficient (Wildman–Crippen LogP) is 6.00. The number of benzene rings is 3. The summed E-state index contributed by atoms with van der Waals surface area (Å²) in [4.78, 5) is 13.1. The smallest absolute Gasteiger partial charge is 0.243 e. The summed E-state index contributed by atoms with van der Waals surface area (Å²) in [7, 11) is -3.59. The summed E-state index contributed by atoms with van der Waals surface area (Å²) in [6, 6.07) is 21.0. The Balaban J connectivity index is 1.49. The molecule has 0 spiro atoms. The Kier molecular flexibility index (Phi) is 7.69. The molecule has 1 aliphatic heterocycles. The number of halogens is 2. The van der Waals surface area contributed by atoms with Crippen LogP contribution in [0.15, 0.2) is 82.8 Å². The predicted molar refractivity (Wildman–Crippen MR) is 146 cm³/mol. The van der Waals surface area contributed by atoms with E-state index >= 15 is 0 Å². The van der Waals surface area contributed by atoms with Crippen molar-refractivity contribution in [1.82, 2.24) is 19.1 Å². The molecule has 37 heavy (non-hydrogen) atoms. The molecule has 11 heteroatoms. The molecule has 7 nitrogen and oxygen atoms in total. The van der Waals surface area contributed by atoms with E-state index in [-0.39, 0.29) is 16.4 Å². The fourth-order valence-corrected chi connectivity index (χ4v) is 6.82. The van der Waals surface area contributed by atoms with E-state index in [1.165, 1.54) is 16.1 Å². The zero-order valence-electron chi connectivity index (χ0n) is 19.5. The standard InChI is InChI=1S/C26H22Cl2N4O3S2/c27-22-12-11-18(16-23(22)28)24(33)17-36-26-30-29-25(32(26)20-8-2-1-3-9-20)19-7-6-10-21(15-19)37(34,35)31-13-4-5-14-31/h1-3,6-12,15-16H,4-5,13-14,17H2. The van der Waals surface area contributed by atoms with Crippen LogP contribution in [0.25, 0.3) is 17.1 Å². The van der Waals surface area contributed by atoms with E-state index in [4.69, 9.17) is 23.2 Å². The van der Waals surface area contributed by atoms with Crippen molar-refractivity contribution < 1.29 is 13.2 Å². The molecule has 0 atom stereocenters. The van der Waals surface area contributed by atoms with Crippen molar-refractivity contribution in [3.05, 3.63) is 88.4 Å². The third-order valence-corrected chi connectivity index (χ3v) is 9.58. The Bertz CT molecular complexity index is 1550. The lowest BCUT2D eigenvalue weighted by molar-refractivity contribution is 0.102. The highest BCUT2D eigenvalue weighted by atomic mass is 35.5. The molecule has 3 aromatic carbocycles. The SMILES string of the molecule is O=C(CSc1nnc(-c2cccc(S(=O)(=O)N3CCCC3)c2)n1-c1ccccc1)c1ccc(Cl)c(Cl)c1. The molecular weight excluding hydrogens is 551 g/mol. The van der Waals surface area contributed by atoms with E-state index in [0.717, 1.165) is 18.5 Å². The van der Waals surface area contributed by atoms with Gasteiger partial charge in [-0.05, 0) is 55.3 Å². The summed E-state index contributed by atoms with van der Waals surface area (Å²) in [5.74, 6) is 0.451. The number of aromatic nitrogens is 3. The lowest BCUT2D eigenvalue weighted by Gasteiger charge is -2.16. The first-order valence-corrected chi connectivity index (χ1v) is 14.8. The fraction of sp³-hybridized carbons (Fsp3) is 0.192. The summed E-state index contributed by atoms with van der Waals surface area (Å²) in [5.41, 5.74) is 1.85. The first kappa shape index (κ1) is 25.9. The van der Waals surface area contributed by atoms with Gasteiger partial charge in [-0.1, -0.05) is 65.3 Å². The van der Waals surface area contributed by atoms with E-state index < -0.39 is 10.0 Å². The molecule has 0 amide bonds. The summed E-state index contributed by atoms with van der Waals surface area (Å²) in [6.45, 7) is 1.06. The third-order valence-electron chi connectivity index (χ3n) is 6.02. The van der Waals surface area contributed by atoms with E-state index in [2.05, 4.69) is 10.2 Å². The zero-order valence-corrected chi connectivity index (χ0v) is 22.7. The van der Waals surface area contributed by atoms with E-state index in [1.807, 2.05) is 41.0 Å². The molecule has 1 saturated heterocycles. The average molecular weight is 574 g/mol. The summed E-state index contributed by atoms with van der Waals surface area (Å²) in [5, 5.41) is 9.95. The first-order chi connectivity index (χ1) is 17.8. The maximum atomic E-state index is 13.2. The highest BCUT2D eigenvalue weighted by Gasteiger charge is 2.28. The number of sulfonamides is 1. The van der Waals surface area contributed by atoms with Crippen molar-refractivity contribution >= 4 is 50.8 Å². The van der Waals surface area contributed by atoms with Crippen LogP contribution in [0.1, 0.15) is 23.2 Å². The van der Waals surface area contributed by atoms with Gasteiger partial charge in [0.15, 0.2) is 16.8 Å². The lowest BCUT2D eigenvalue weighted by Crippen LogP contribution is -2.27. The molecule has 1 aromatic heterocycles. The van der Waals surface area contributed by atoms with Gasteiger partial charge in [0.05, 0.1) is 20.7 Å². The number of thioether (sulfide) groups is 1. The number of Topliss-reactive ketones (excluding diaryl/α,β-unsaturated/α-hetero) is 1. The molecule has 2 heterocycles. The number of hydrogen-bond acceptors (Lipinski definition) is 6.